The smallest absolute Gasteiger partial charge is 0.356 e. The fraction of sp³-hybridized carbons (Fsp3) is 0.368. The molecule has 122 valence electrons. The second kappa shape index (κ2) is 6.14. The Bertz CT molecular complexity index is 873. The zero-order chi connectivity index (χ0) is 16.5. The van der Waals surface area contributed by atoms with Gasteiger partial charge in [0, 0.05) is 24.2 Å². The van der Waals surface area contributed by atoms with E-state index in [1.54, 1.807) is 0 Å². The molecule has 0 N–H and O–H groups in total. The average Bonchev–Trinajstić information content (AvgIpc) is 2.81. The van der Waals surface area contributed by atoms with Crippen LogP contribution in [-0.4, -0.2) is 26.3 Å². The summed E-state index contributed by atoms with van der Waals surface area (Å²) >= 11 is 0. The summed E-state index contributed by atoms with van der Waals surface area (Å²) in [5.41, 5.74) is 3.48. The van der Waals surface area contributed by atoms with Crippen LogP contribution >= 0.6 is 0 Å². The van der Waals surface area contributed by atoms with E-state index in [9.17, 15) is 10.1 Å². The predicted octanol–water partition coefficient (Wildman–Crippen LogP) is 2.50. The lowest BCUT2D eigenvalue weighted by Crippen LogP contribution is -2.38. The van der Waals surface area contributed by atoms with Gasteiger partial charge in [-0.3, -0.25) is 0 Å². The van der Waals surface area contributed by atoms with E-state index in [1.165, 1.54) is 5.56 Å². The number of nitriles is 1. The third-order valence-electron chi connectivity index (χ3n) is 4.77. The number of fused-ring (bicyclic) bond motifs is 3. The average molecular weight is 322 g/mol. The molecule has 5 nitrogen and oxygen atoms in total. The van der Waals surface area contributed by atoms with E-state index in [-0.39, 0.29) is 5.56 Å². The van der Waals surface area contributed by atoms with Gasteiger partial charge in [0.05, 0.1) is 18.9 Å². The highest BCUT2D eigenvalue weighted by molar-refractivity contribution is 5.76. The number of benzene rings is 1. The number of nitrogens with zero attached hydrogens (tertiary/aromatic N) is 2. The molecule has 24 heavy (non-hydrogen) atoms. The predicted molar refractivity (Wildman–Crippen MR) is 90.2 cm³/mol. The molecule has 1 aromatic carbocycles. The molecule has 4 rings (SSSR count). The molecule has 0 saturated carbocycles. The summed E-state index contributed by atoms with van der Waals surface area (Å²) in [6.45, 7) is 2.59. The van der Waals surface area contributed by atoms with E-state index in [2.05, 4.69) is 17.0 Å². The van der Waals surface area contributed by atoms with Crippen LogP contribution in [0.25, 0.3) is 11.3 Å². The zero-order valence-corrected chi connectivity index (χ0v) is 13.4. The van der Waals surface area contributed by atoms with Gasteiger partial charge in [-0.1, -0.05) is 24.3 Å². The topological polar surface area (TPSA) is 66.5 Å². The number of hydrogen-bond donors (Lipinski definition) is 0. The quantitative estimate of drug-likeness (QED) is 0.807. The van der Waals surface area contributed by atoms with Crippen molar-refractivity contribution in [2.45, 2.75) is 19.3 Å². The Balaban J connectivity index is 1.99. The second-order valence-corrected chi connectivity index (χ2v) is 6.14. The molecular formula is C19H18N2O3. The second-order valence-electron chi connectivity index (χ2n) is 6.14. The van der Waals surface area contributed by atoms with E-state index < -0.39 is 5.63 Å². The minimum absolute atomic E-state index is 0.120. The van der Waals surface area contributed by atoms with Crippen LogP contribution in [0, 0.1) is 11.3 Å². The van der Waals surface area contributed by atoms with E-state index in [4.69, 9.17) is 9.15 Å². The molecule has 2 aromatic rings. The van der Waals surface area contributed by atoms with Gasteiger partial charge in [-0.15, -0.1) is 0 Å². The molecule has 0 unspecified atom stereocenters. The molecule has 1 aliphatic heterocycles. The van der Waals surface area contributed by atoms with Crippen LogP contribution in [-0.2, 0) is 17.6 Å². The molecule has 0 atom stereocenters. The maximum Gasteiger partial charge on any atom is 0.356 e. The van der Waals surface area contributed by atoms with Crippen molar-refractivity contribution in [3.8, 4) is 17.4 Å². The van der Waals surface area contributed by atoms with Gasteiger partial charge in [-0.2, -0.15) is 5.26 Å². The largest absolute Gasteiger partial charge is 0.421 e. The normalized spacial score (nSPS) is 16.7. The van der Waals surface area contributed by atoms with Crippen molar-refractivity contribution in [2.24, 2.45) is 0 Å². The first kappa shape index (κ1) is 15.0. The molecule has 2 heterocycles. The van der Waals surface area contributed by atoms with Crippen LogP contribution in [0.5, 0.6) is 0 Å². The molecule has 1 fully saturated rings. The van der Waals surface area contributed by atoms with E-state index >= 15 is 0 Å². The van der Waals surface area contributed by atoms with Crippen molar-refractivity contribution in [3.05, 3.63) is 51.4 Å². The standard InChI is InChI=1S/C19H18N2O3/c20-12-16-17(21-8-10-23-11-9-21)15-7-3-5-13-4-1-2-6-14(13)18(15)24-19(16)22/h1-2,4,6H,3,5,7-11H2. The van der Waals surface area contributed by atoms with Crippen LogP contribution in [0.1, 0.15) is 23.1 Å². The third kappa shape index (κ3) is 2.40. The molecule has 1 aromatic heterocycles. The SMILES string of the molecule is N#Cc1c(N2CCOCC2)c2c(oc1=O)-c1ccccc1CCC2. The van der Waals surface area contributed by atoms with Crippen molar-refractivity contribution in [2.75, 3.05) is 31.2 Å². The summed E-state index contributed by atoms with van der Waals surface area (Å²) in [5, 5.41) is 9.53. The van der Waals surface area contributed by atoms with Crippen molar-refractivity contribution in [1.82, 2.24) is 0 Å². The van der Waals surface area contributed by atoms with Gasteiger partial charge in [0.25, 0.3) is 0 Å². The van der Waals surface area contributed by atoms with Gasteiger partial charge < -0.3 is 14.1 Å². The Morgan fingerprint density at radius 1 is 1.12 bits per heavy atom. The highest BCUT2D eigenvalue weighted by atomic mass is 16.5. The molecule has 1 saturated heterocycles. The van der Waals surface area contributed by atoms with Crippen molar-refractivity contribution in [1.29, 1.82) is 5.26 Å². The number of hydrogen-bond acceptors (Lipinski definition) is 5. The fourth-order valence-corrected chi connectivity index (χ4v) is 3.66. The highest BCUT2D eigenvalue weighted by Crippen LogP contribution is 2.38. The Kier molecular flexibility index (Phi) is 3.83. The molecular weight excluding hydrogens is 304 g/mol. The first-order valence-electron chi connectivity index (χ1n) is 8.30. The first-order chi connectivity index (χ1) is 11.8. The first-order valence-corrected chi connectivity index (χ1v) is 8.30. The van der Waals surface area contributed by atoms with Gasteiger partial charge in [0.2, 0.25) is 0 Å². The monoisotopic (exact) mass is 322 g/mol. The van der Waals surface area contributed by atoms with Gasteiger partial charge in [-0.25, -0.2) is 4.79 Å². The maximum atomic E-state index is 12.5. The van der Waals surface area contributed by atoms with Gasteiger partial charge in [-0.05, 0) is 24.8 Å². The van der Waals surface area contributed by atoms with Crippen molar-refractivity contribution in [3.63, 3.8) is 0 Å². The van der Waals surface area contributed by atoms with Crippen LogP contribution < -0.4 is 10.5 Å². The fourth-order valence-electron chi connectivity index (χ4n) is 3.66. The van der Waals surface area contributed by atoms with Gasteiger partial charge >= 0.3 is 5.63 Å². The molecule has 1 aliphatic carbocycles. The Labute approximate surface area is 140 Å². The van der Waals surface area contributed by atoms with Crippen LogP contribution in [0.15, 0.2) is 33.5 Å². The van der Waals surface area contributed by atoms with Crippen LogP contribution in [0.3, 0.4) is 0 Å². The minimum Gasteiger partial charge on any atom is -0.421 e. The molecule has 0 spiro atoms. The van der Waals surface area contributed by atoms with Crippen LogP contribution in [0.4, 0.5) is 5.69 Å². The molecule has 0 bridgehead atoms. The number of anilines is 1. The van der Waals surface area contributed by atoms with Crippen molar-refractivity contribution >= 4 is 5.69 Å². The summed E-state index contributed by atoms with van der Waals surface area (Å²) in [7, 11) is 0. The number of ether oxygens (including phenoxy) is 1. The maximum absolute atomic E-state index is 12.5. The number of aryl methyl sites for hydroxylation is 1. The number of morpholine rings is 1. The van der Waals surface area contributed by atoms with E-state index in [0.717, 1.165) is 36.1 Å². The molecule has 2 aliphatic rings. The molecule has 5 heteroatoms. The van der Waals surface area contributed by atoms with Gasteiger partial charge in [0.1, 0.15) is 11.8 Å². The lowest BCUT2D eigenvalue weighted by molar-refractivity contribution is 0.122. The molecule has 0 amide bonds. The Morgan fingerprint density at radius 3 is 2.71 bits per heavy atom. The van der Waals surface area contributed by atoms with Crippen LogP contribution in [0.2, 0.25) is 0 Å². The zero-order valence-electron chi connectivity index (χ0n) is 13.4. The van der Waals surface area contributed by atoms with E-state index in [0.29, 0.717) is 32.1 Å². The summed E-state index contributed by atoms with van der Waals surface area (Å²) in [5.74, 6) is 0.633. The highest BCUT2D eigenvalue weighted by Gasteiger charge is 2.28. The molecule has 0 radical (unpaired) electrons. The Morgan fingerprint density at radius 2 is 1.92 bits per heavy atom. The summed E-state index contributed by atoms with van der Waals surface area (Å²) < 4.78 is 11.0. The number of rotatable bonds is 1. The summed E-state index contributed by atoms with van der Waals surface area (Å²) in [6.07, 6.45) is 2.72. The summed E-state index contributed by atoms with van der Waals surface area (Å²) in [4.78, 5) is 14.6. The van der Waals surface area contributed by atoms with Crippen molar-refractivity contribution < 1.29 is 9.15 Å². The third-order valence-corrected chi connectivity index (χ3v) is 4.77. The van der Waals surface area contributed by atoms with E-state index in [1.807, 2.05) is 18.2 Å². The minimum atomic E-state index is -0.547. The lowest BCUT2D eigenvalue weighted by Gasteiger charge is -2.31. The summed E-state index contributed by atoms with van der Waals surface area (Å²) in [6, 6.07) is 10.1. The lowest BCUT2D eigenvalue weighted by atomic mass is 10.00. The Hall–Kier alpha value is -2.58. The van der Waals surface area contributed by atoms with Gasteiger partial charge in [0.15, 0.2) is 5.56 Å².